The van der Waals surface area contributed by atoms with Crippen LogP contribution in [0.1, 0.15) is 52.0 Å². The summed E-state index contributed by atoms with van der Waals surface area (Å²) >= 11 is 5.78. The lowest BCUT2D eigenvalue weighted by Crippen LogP contribution is -2.45. The monoisotopic (exact) mass is 473 g/mol. The Morgan fingerprint density at radius 3 is 2.39 bits per heavy atom. The zero-order valence-corrected chi connectivity index (χ0v) is 18.1. The number of hydrogen-bond acceptors (Lipinski definition) is 7. The van der Waals surface area contributed by atoms with Crippen LogP contribution in [0.5, 0.6) is 0 Å². The van der Waals surface area contributed by atoms with Gasteiger partial charge in [-0.1, -0.05) is 42.6 Å². The summed E-state index contributed by atoms with van der Waals surface area (Å²) in [6.07, 6.45) is 3.71. The number of carbonyl (C=O) groups is 4. The first-order chi connectivity index (χ1) is 15.8. The molecule has 0 heterocycles. The summed E-state index contributed by atoms with van der Waals surface area (Å²) in [5.41, 5.74) is -0.704. The highest BCUT2D eigenvalue weighted by atomic mass is 35.5. The quantitative estimate of drug-likeness (QED) is 0.271. The number of halogens is 1. The minimum absolute atomic E-state index is 0.0157. The molecule has 2 aromatic rings. The summed E-state index contributed by atoms with van der Waals surface area (Å²) in [5, 5.41) is 15.7. The Morgan fingerprint density at radius 1 is 1.06 bits per heavy atom. The van der Waals surface area contributed by atoms with Crippen LogP contribution in [-0.4, -0.2) is 41.3 Å². The van der Waals surface area contributed by atoms with Crippen molar-refractivity contribution in [2.45, 2.75) is 31.7 Å². The maximum absolute atomic E-state index is 12.9. The van der Waals surface area contributed by atoms with Crippen molar-refractivity contribution in [1.29, 1.82) is 0 Å². The van der Waals surface area contributed by atoms with Gasteiger partial charge in [-0.25, -0.2) is 9.59 Å². The number of rotatable bonds is 7. The summed E-state index contributed by atoms with van der Waals surface area (Å²) in [6, 6.07) is 8.57. The van der Waals surface area contributed by atoms with E-state index in [0.29, 0.717) is 0 Å². The Kier molecular flexibility index (Phi) is 7.73. The van der Waals surface area contributed by atoms with Crippen LogP contribution in [0.15, 0.2) is 42.5 Å². The third kappa shape index (κ3) is 6.13. The number of imide groups is 1. The molecule has 2 aromatic carbocycles. The minimum Gasteiger partial charge on any atom is -0.452 e. The first kappa shape index (κ1) is 23.9. The third-order valence-electron chi connectivity index (χ3n) is 5.07. The van der Waals surface area contributed by atoms with Crippen molar-refractivity contribution in [1.82, 2.24) is 10.6 Å². The second kappa shape index (κ2) is 10.7. The van der Waals surface area contributed by atoms with Gasteiger partial charge in [0.25, 0.3) is 11.6 Å². The molecule has 1 saturated carbocycles. The fourth-order valence-electron chi connectivity index (χ4n) is 3.47. The second-order valence-corrected chi connectivity index (χ2v) is 7.78. The fraction of sp³-hybridized carbons (Fsp3) is 0.273. The van der Waals surface area contributed by atoms with Crippen molar-refractivity contribution < 1.29 is 28.8 Å². The van der Waals surface area contributed by atoms with E-state index >= 15 is 0 Å². The number of nitrogens with one attached hydrogen (secondary N) is 2. The molecule has 172 valence electrons. The zero-order valence-electron chi connectivity index (χ0n) is 17.3. The molecule has 0 atom stereocenters. The van der Waals surface area contributed by atoms with Gasteiger partial charge in [-0.15, -0.1) is 0 Å². The molecule has 3 amide bonds. The number of ether oxygens (including phenoxy) is 1. The maximum Gasteiger partial charge on any atom is 0.339 e. The van der Waals surface area contributed by atoms with Crippen LogP contribution < -0.4 is 10.6 Å². The summed E-state index contributed by atoms with van der Waals surface area (Å²) < 4.78 is 4.96. The van der Waals surface area contributed by atoms with E-state index in [-0.39, 0.29) is 27.8 Å². The lowest BCUT2D eigenvalue weighted by molar-refractivity contribution is -0.384. The number of hydrogen-bond donors (Lipinski definition) is 2. The Labute approximate surface area is 193 Å². The number of nitrogens with zero attached hydrogens (tertiary/aromatic N) is 1. The summed E-state index contributed by atoms with van der Waals surface area (Å²) in [6.45, 7) is -0.730. The lowest BCUT2D eigenvalue weighted by Gasteiger charge is -2.12. The zero-order chi connectivity index (χ0) is 24.0. The minimum atomic E-state index is -0.964. The van der Waals surface area contributed by atoms with Gasteiger partial charge in [0.05, 0.1) is 10.5 Å². The van der Waals surface area contributed by atoms with Gasteiger partial charge in [0, 0.05) is 23.2 Å². The van der Waals surface area contributed by atoms with E-state index in [1.54, 1.807) is 0 Å². The first-order valence-electron chi connectivity index (χ1n) is 10.1. The second-order valence-electron chi connectivity index (χ2n) is 7.38. The Hall–Kier alpha value is -3.79. The molecule has 1 fully saturated rings. The molecule has 0 saturated heterocycles. The van der Waals surface area contributed by atoms with E-state index in [9.17, 15) is 29.3 Å². The smallest absolute Gasteiger partial charge is 0.339 e. The molecule has 1 aliphatic rings. The molecule has 10 nitrogen and oxygen atoms in total. The van der Waals surface area contributed by atoms with Gasteiger partial charge in [-0.2, -0.15) is 0 Å². The predicted octanol–water partition coefficient (Wildman–Crippen LogP) is 3.40. The van der Waals surface area contributed by atoms with Crippen molar-refractivity contribution in [3.05, 3.63) is 74.3 Å². The number of nitro benzene ring substituents is 1. The topological polar surface area (TPSA) is 145 Å². The highest BCUT2D eigenvalue weighted by Gasteiger charge is 2.23. The van der Waals surface area contributed by atoms with Crippen molar-refractivity contribution in [3.8, 4) is 0 Å². The Bertz CT molecular complexity index is 1110. The molecule has 0 bridgehead atoms. The molecule has 3 rings (SSSR count). The van der Waals surface area contributed by atoms with Gasteiger partial charge in [0.1, 0.15) is 5.02 Å². The highest BCUT2D eigenvalue weighted by molar-refractivity contribution is 6.33. The largest absolute Gasteiger partial charge is 0.452 e. The number of urea groups is 1. The van der Waals surface area contributed by atoms with Crippen LogP contribution in [0.2, 0.25) is 5.02 Å². The fourth-order valence-corrected chi connectivity index (χ4v) is 3.66. The van der Waals surface area contributed by atoms with Crippen LogP contribution >= 0.6 is 11.6 Å². The predicted molar refractivity (Wildman–Crippen MR) is 117 cm³/mol. The molecular formula is C22H20ClN3O7. The molecule has 0 radical (unpaired) electrons. The molecule has 11 heteroatoms. The average molecular weight is 474 g/mol. The lowest BCUT2D eigenvalue weighted by atomic mass is 9.98. The normalized spacial score (nSPS) is 13.2. The summed E-state index contributed by atoms with van der Waals surface area (Å²) in [5.74, 6) is -2.45. The average Bonchev–Trinajstić information content (AvgIpc) is 3.30. The molecule has 0 aliphatic heterocycles. The number of carbonyl (C=O) groups excluding carboxylic acids is 4. The van der Waals surface area contributed by atoms with Gasteiger partial charge in [-0.05, 0) is 31.0 Å². The van der Waals surface area contributed by atoms with Crippen molar-refractivity contribution in [2.75, 3.05) is 6.61 Å². The number of nitro groups is 1. The van der Waals surface area contributed by atoms with Gasteiger partial charge < -0.3 is 10.1 Å². The van der Waals surface area contributed by atoms with Crippen LogP contribution in [0.3, 0.4) is 0 Å². The van der Waals surface area contributed by atoms with Crippen LogP contribution in [0.25, 0.3) is 0 Å². The van der Waals surface area contributed by atoms with Crippen molar-refractivity contribution in [2.24, 2.45) is 0 Å². The number of esters is 1. The van der Waals surface area contributed by atoms with Crippen LogP contribution in [-0.2, 0) is 9.53 Å². The summed E-state index contributed by atoms with van der Waals surface area (Å²) in [7, 11) is 0. The van der Waals surface area contributed by atoms with Crippen LogP contribution in [0, 0.1) is 10.1 Å². The van der Waals surface area contributed by atoms with Crippen molar-refractivity contribution in [3.63, 3.8) is 0 Å². The van der Waals surface area contributed by atoms with E-state index < -0.39 is 40.9 Å². The van der Waals surface area contributed by atoms with E-state index in [4.69, 9.17) is 16.3 Å². The standard InChI is InChI=1S/C22H20ClN3O7/c23-17-10-9-13(11-18(17)26(31)32)20(28)15-7-3-4-8-16(15)21(29)33-12-19(27)25-22(30)24-14-5-1-2-6-14/h3-4,7-11,14H,1-2,5-6,12H2,(H2,24,25,27,30). The molecule has 0 unspecified atom stereocenters. The van der Waals surface area contributed by atoms with Crippen molar-refractivity contribution >= 4 is 41.0 Å². The molecule has 2 N–H and O–H groups in total. The van der Waals surface area contributed by atoms with E-state index in [1.165, 1.54) is 36.4 Å². The van der Waals surface area contributed by atoms with Crippen LogP contribution in [0.4, 0.5) is 10.5 Å². The number of ketones is 1. The molecule has 0 spiro atoms. The molecule has 0 aromatic heterocycles. The maximum atomic E-state index is 12.9. The van der Waals surface area contributed by atoms with E-state index in [1.807, 2.05) is 0 Å². The van der Waals surface area contributed by atoms with Gasteiger partial charge in [0.15, 0.2) is 12.4 Å². The van der Waals surface area contributed by atoms with E-state index in [0.717, 1.165) is 31.7 Å². The SMILES string of the molecule is O=C(COC(=O)c1ccccc1C(=O)c1ccc(Cl)c([N+](=O)[O-])c1)NC(=O)NC1CCCC1. The number of benzene rings is 2. The molecular weight excluding hydrogens is 454 g/mol. The Balaban J connectivity index is 1.65. The number of amides is 3. The Morgan fingerprint density at radius 2 is 1.73 bits per heavy atom. The third-order valence-corrected chi connectivity index (χ3v) is 5.39. The van der Waals surface area contributed by atoms with Gasteiger partial charge >= 0.3 is 12.0 Å². The molecule has 33 heavy (non-hydrogen) atoms. The first-order valence-corrected chi connectivity index (χ1v) is 10.5. The van der Waals surface area contributed by atoms with Gasteiger partial charge in [0.2, 0.25) is 0 Å². The molecule has 1 aliphatic carbocycles. The highest BCUT2D eigenvalue weighted by Crippen LogP contribution is 2.27. The summed E-state index contributed by atoms with van der Waals surface area (Å²) in [4.78, 5) is 59.6. The van der Waals surface area contributed by atoms with E-state index in [2.05, 4.69) is 10.6 Å². The van der Waals surface area contributed by atoms with Gasteiger partial charge in [-0.3, -0.25) is 25.0 Å².